The molecule has 0 atom stereocenters. The van der Waals surface area contributed by atoms with Crippen molar-refractivity contribution in [1.29, 1.82) is 0 Å². The van der Waals surface area contributed by atoms with E-state index in [1.807, 2.05) is 24.3 Å². The van der Waals surface area contributed by atoms with Crippen LogP contribution in [0.15, 0.2) is 36.7 Å². The van der Waals surface area contributed by atoms with Crippen LogP contribution >= 0.6 is 0 Å². The quantitative estimate of drug-likeness (QED) is 0.139. The molecule has 5 nitrogen and oxygen atoms in total. The molecule has 1 heterocycles. The van der Waals surface area contributed by atoms with Crippen LogP contribution in [0.2, 0.25) is 0 Å². The van der Waals surface area contributed by atoms with Gasteiger partial charge in [-0.3, -0.25) is 4.79 Å². The highest BCUT2D eigenvalue weighted by Gasteiger charge is 2.07. The van der Waals surface area contributed by atoms with E-state index < -0.39 is 0 Å². The predicted octanol–water partition coefficient (Wildman–Crippen LogP) is 8.71. The van der Waals surface area contributed by atoms with Gasteiger partial charge in [-0.1, -0.05) is 97.3 Å². The molecule has 2 aromatic rings. The van der Waals surface area contributed by atoms with Gasteiger partial charge >= 0.3 is 5.97 Å². The lowest BCUT2D eigenvalue weighted by Gasteiger charge is -2.08. The molecule has 0 radical (unpaired) electrons. The van der Waals surface area contributed by atoms with Crippen LogP contribution in [0.4, 0.5) is 0 Å². The molecule has 1 aromatic carbocycles. The van der Waals surface area contributed by atoms with Crippen molar-refractivity contribution >= 4 is 5.97 Å². The van der Waals surface area contributed by atoms with Crippen molar-refractivity contribution in [2.24, 2.45) is 0 Å². The number of esters is 1. The molecule has 0 spiro atoms. The van der Waals surface area contributed by atoms with E-state index >= 15 is 0 Å². The Hall–Kier alpha value is -2.43. The molecule has 1 aromatic heterocycles. The summed E-state index contributed by atoms with van der Waals surface area (Å²) in [5.41, 5.74) is 0.908. The van der Waals surface area contributed by atoms with Crippen molar-refractivity contribution in [3.05, 3.63) is 36.7 Å². The molecule has 0 N–H and O–H groups in total. The SMILES string of the molecule is CCCCCCCCCCOc1ccc(-c2ncc(OC(=O)CCCCCCCCC)cn2)cc1. The number of rotatable bonds is 20. The maximum absolute atomic E-state index is 12.0. The maximum Gasteiger partial charge on any atom is 0.311 e. The van der Waals surface area contributed by atoms with E-state index in [2.05, 4.69) is 23.8 Å². The molecule has 0 saturated heterocycles. The molecule has 0 unspecified atom stereocenters. The molecule has 0 aliphatic heterocycles. The fourth-order valence-electron chi connectivity index (χ4n) is 4.05. The number of aromatic nitrogens is 2. The number of carbonyl (C=O) groups is 1. The first-order valence-corrected chi connectivity index (χ1v) is 14.0. The predicted molar refractivity (Wildman–Crippen MR) is 144 cm³/mol. The maximum atomic E-state index is 12.0. The summed E-state index contributed by atoms with van der Waals surface area (Å²) < 4.78 is 11.3. The smallest absolute Gasteiger partial charge is 0.311 e. The topological polar surface area (TPSA) is 61.3 Å². The lowest BCUT2D eigenvalue weighted by molar-refractivity contribution is -0.134. The number of unbranched alkanes of at least 4 members (excludes halogenated alkanes) is 13. The molecule has 0 aliphatic rings. The van der Waals surface area contributed by atoms with Gasteiger partial charge < -0.3 is 9.47 Å². The molecular formula is C30H46N2O3. The molecule has 0 fully saturated rings. The highest BCUT2D eigenvalue weighted by atomic mass is 16.5. The first-order valence-electron chi connectivity index (χ1n) is 14.0. The first-order chi connectivity index (χ1) is 17.2. The van der Waals surface area contributed by atoms with Gasteiger partial charge in [0.15, 0.2) is 11.6 Å². The highest BCUT2D eigenvalue weighted by Crippen LogP contribution is 2.21. The van der Waals surface area contributed by atoms with Crippen molar-refractivity contribution in [2.45, 2.75) is 117 Å². The summed E-state index contributed by atoms with van der Waals surface area (Å²) in [7, 11) is 0. The van der Waals surface area contributed by atoms with Crippen LogP contribution in [0.5, 0.6) is 11.5 Å². The van der Waals surface area contributed by atoms with Crippen LogP contribution in [-0.2, 0) is 4.79 Å². The Labute approximate surface area is 213 Å². The molecule has 35 heavy (non-hydrogen) atoms. The minimum absolute atomic E-state index is 0.215. The van der Waals surface area contributed by atoms with Crippen LogP contribution in [0.3, 0.4) is 0 Å². The zero-order valence-corrected chi connectivity index (χ0v) is 22.1. The van der Waals surface area contributed by atoms with E-state index in [1.165, 1.54) is 77.0 Å². The number of benzene rings is 1. The zero-order valence-electron chi connectivity index (χ0n) is 22.1. The molecule has 0 saturated carbocycles. The second-order valence-electron chi connectivity index (χ2n) is 9.44. The lowest BCUT2D eigenvalue weighted by Crippen LogP contribution is -2.08. The first kappa shape index (κ1) is 28.8. The van der Waals surface area contributed by atoms with Crippen molar-refractivity contribution in [3.8, 4) is 22.9 Å². The summed E-state index contributed by atoms with van der Waals surface area (Å²) >= 11 is 0. The number of nitrogens with zero attached hydrogens (tertiary/aromatic N) is 2. The fourth-order valence-corrected chi connectivity index (χ4v) is 4.05. The third-order valence-electron chi connectivity index (χ3n) is 6.22. The molecule has 0 aliphatic carbocycles. The van der Waals surface area contributed by atoms with Gasteiger partial charge in [0.2, 0.25) is 0 Å². The summed E-state index contributed by atoms with van der Waals surface area (Å²) in [6.07, 6.45) is 22.2. The lowest BCUT2D eigenvalue weighted by atomic mass is 10.1. The van der Waals surface area contributed by atoms with Crippen LogP contribution < -0.4 is 9.47 Å². The summed E-state index contributed by atoms with van der Waals surface area (Å²) in [4.78, 5) is 20.8. The van der Waals surface area contributed by atoms with Crippen LogP contribution in [0, 0.1) is 0 Å². The number of hydrogen-bond donors (Lipinski definition) is 0. The van der Waals surface area contributed by atoms with E-state index in [1.54, 1.807) is 12.4 Å². The minimum Gasteiger partial charge on any atom is -0.494 e. The molecule has 0 bridgehead atoms. The minimum atomic E-state index is -0.215. The van der Waals surface area contributed by atoms with Crippen LogP contribution in [0.25, 0.3) is 11.4 Å². The zero-order chi connectivity index (χ0) is 25.0. The van der Waals surface area contributed by atoms with Gasteiger partial charge in [-0.2, -0.15) is 0 Å². The third kappa shape index (κ3) is 13.3. The van der Waals surface area contributed by atoms with Crippen molar-refractivity contribution in [3.63, 3.8) is 0 Å². The third-order valence-corrected chi connectivity index (χ3v) is 6.22. The highest BCUT2D eigenvalue weighted by molar-refractivity contribution is 5.72. The monoisotopic (exact) mass is 482 g/mol. The normalized spacial score (nSPS) is 10.9. The van der Waals surface area contributed by atoms with E-state index in [9.17, 15) is 4.79 Å². The molecule has 2 rings (SSSR count). The average Bonchev–Trinajstić information content (AvgIpc) is 2.88. The summed E-state index contributed by atoms with van der Waals surface area (Å²) in [6.45, 7) is 5.23. The fraction of sp³-hybridized carbons (Fsp3) is 0.633. The Bertz CT molecular complexity index is 790. The average molecular weight is 483 g/mol. The second kappa shape index (κ2) is 18.8. The van der Waals surface area contributed by atoms with Gasteiger partial charge in [0.25, 0.3) is 0 Å². The van der Waals surface area contributed by atoms with E-state index in [-0.39, 0.29) is 5.97 Å². The Balaban J connectivity index is 1.62. The Morgan fingerprint density at radius 3 is 1.74 bits per heavy atom. The number of ether oxygens (including phenoxy) is 2. The van der Waals surface area contributed by atoms with Crippen LogP contribution in [-0.4, -0.2) is 22.5 Å². The standard InChI is InChI=1S/C30H46N2O3/c1-3-5-7-9-11-13-15-17-23-34-27-21-19-26(20-22-27)30-31-24-28(25-32-30)35-29(33)18-16-14-12-10-8-6-4-2/h19-22,24-25H,3-18,23H2,1-2H3. The second-order valence-corrected chi connectivity index (χ2v) is 9.44. The molecule has 0 amide bonds. The molecular weight excluding hydrogens is 436 g/mol. The van der Waals surface area contributed by atoms with Gasteiger partial charge in [-0.05, 0) is 37.1 Å². The van der Waals surface area contributed by atoms with Crippen molar-refractivity contribution in [1.82, 2.24) is 9.97 Å². The Morgan fingerprint density at radius 2 is 1.17 bits per heavy atom. The number of hydrogen-bond acceptors (Lipinski definition) is 5. The van der Waals surface area contributed by atoms with E-state index in [4.69, 9.17) is 9.47 Å². The van der Waals surface area contributed by atoms with E-state index in [0.717, 1.165) is 37.2 Å². The van der Waals surface area contributed by atoms with Crippen molar-refractivity contribution in [2.75, 3.05) is 6.61 Å². The van der Waals surface area contributed by atoms with E-state index in [0.29, 0.717) is 18.0 Å². The van der Waals surface area contributed by atoms with Crippen molar-refractivity contribution < 1.29 is 14.3 Å². The summed E-state index contributed by atoms with van der Waals surface area (Å²) in [5.74, 6) is 1.65. The molecule has 194 valence electrons. The Kier molecular flexibility index (Phi) is 15.5. The Morgan fingerprint density at radius 1 is 0.657 bits per heavy atom. The summed E-state index contributed by atoms with van der Waals surface area (Å²) in [5, 5.41) is 0. The van der Waals surface area contributed by atoms with Gasteiger partial charge in [-0.15, -0.1) is 0 Å². The van der Waals surface area contributed by atoms with Gasteiger partial charge in [0.05, 0.1) is 19.0 Å². The summed E-state index contributed by atoms with van der Waals surface area (Å²) in [6, 6.07) is 7.84. The van der Waals surface area contributed by atoms with Gasteiger partial charge in [0, 0.05) is 12.0 Å². The molecule has 5 heteroatoms. The largest absolute Gasteiger partial charge is 0.494 e. The number of carbonyl (C=O) groups excluding carboxylic acids is 1. The van der Waals surface area contributed by atoms with Crippen LogP contribution in [0.1, 0.15) is 117 Å². The van der Waals surface area contributed by atoms with Gasteiger partial charge in [-0.25, -0.2) is 9.97 Å². The van der Waals surface area contributed by atoms with Gasteiger partial charge in [0.1, 0.15) is 5.75 Å².